The lowest BCUT2D eigenvalue weighted by Crippen LogP contribution is -1.96. The zero-order valence-corrected chi connectivity index (χ0v) is 6.55. The third-order valence-electron chi connectivity index (χ3n) is 1.24. The molecule has 54 valence electrons. The van der Waals surface area contributed by atoms with Crippen molar-refractivity contribution >= 4 is 5.70 Å². The molecule has 0 fully saturated rings. The highest BCUT2D eigenvalue weighted by Crippen LogP contribution is 2.02. The Hall–Kier alpha value is -1.12. The van der Waals surface area contributed by atoms with Gasteiger partial charge in [0.05, 0.1) is 0 Å². The monoisotopic (exact) mass is 137 g/mol. The van der Waals surface area contributed by atoms with Crippen LogP contribution >= 0.6 is 0 Å². The molecular weight excluding hydrogens is 126 g/mol. The van der Waals surface area contributed by atoms with Crippen LogP contribution in [-0.2, 0) is 0 Å². The summed E-state index contributed by atoms with van der Waals surface area (Å²) >= 11 is 0. The van der Waals surface area contributed by atoms with Crippen LogP contribution in [0.25, 0.3) is 5.70 Å². The summed E-state index contributed by atoms with van der Waals surface area (Å²) < 4.78 is 1.73. The summed E-state index contributed by atoms with van der Waals surface area (Å²) in [6.07, 6.45) is 0. The summed E-state index contributed by atoms with van der Waals surface area (Å²) in [6, 6.07) is 0. The Morgan fingerprint density at radius 3 is 2.30 bits per heavy atom. The van der Waals surface area contributed by atoms with Gasteiger partial charge >= 0.3 is 0 Å². The van der Waals surface area contributed by atoms with Crippen LogP contribution in [0.2, 0.25) is 0 Å². The molecule has 1 heterocycles. The minimum atomic E-state index is 0.792. The van der Waals surface area contributed by atoms with Crippen molar-refractivity contribution in [2.75, 3.05) is 0 Å². The minimum Gasteiger partial charge on any atom is -0.223 e. The van der Waals surface area contributed by atoms with Gasteiger partial charge in [-0.2, -0.15) is 5.10 Å². The van der Waals surface area contributed by atoms with E-state index in [2.05, 4.69) is 16.7 Å². The quantitative estimate of drug-likeness (QED) is 0.585. The van der Waals surface area contributed by atoms with Crippen molar-refractivity contribution in [3.63, 3.8) is 0 Å². The van der Waals surface area contributed by atoms with Gasteiger partial charge in [0.2, 0.25) is 0 Å². The molecule has 0 atom stereocenters. The highest BCUT2D eigenvalue weighted by atomic mass is 15.3. The van der Waals surface area contributed by atoms with Crippen LogP contribution in [0.1, 0.15) is 18.6 Å². The van der Waals surface area contributed by atoms with E-state index < -0.39 is 0 Å². The molecule has 0 aliphatic carbocycles. The number of rotatable bonds is 1. The highest BCUT2D eigenvalue weighted by Gasteiger charge is 2.00. The number of allylic oxidation sites excluding steroid dienone is 1. The standard InChI is InChI=1S/C7H11N3/c1-5(2)10-7(4)8-6(3)9-10/h1H2,2-4H3. The van der Waals surface area contributed by atoms with Gasteiger partial charge in [0.15, 0.2) is 0 Å². The number of aryl methyl sites for hydroxylation is 2. The van der Waals surface area contributed by atoms with E-state index in [4.69, 9.17) is 0 Å². The fourth-order valence-electron chi connectivity index (χ4n) is 0.883. The second-order valence-electron chi connectivity index (χ2n) is 2.35. The molecule has 10 heavy (non-hydrogen) atoms. The molecule has 0 aliphatic rings. The second-order valence-corrected chi connectivity index (χ2v) is 2.35. The molecule has 0 aromatic carbocycles. The number of aromatic nitrogens is 3. The van der Waals surface area contributed by atoms with Crippen LogP contribution in [0.5, 0.6) is 0 Å². The first kappa shape index (κ1) is 6.99. The molecule has 0 saturated heterocycles. The molecule has 3 heteroatoms. The van der Waals surface area contributed by atoms with E-state index in [-0.39, 0.29) is 0 Å². The molecule has 0 amide bonds. The van der Waals surface area contributed by atoms with E-state index in [1.54, 1.807) is 4.68 Å². The van der Waals surface area contributed by atoms with Crippen molar-refractivity contribution in [3.8, 4) is 0 Å². The van der Waals surface area contributed by atoms with E-state index in [0.29, 0.717) is 0 Å². The second kappa shape index (κ2) is 2.25. The topological polar surface area (TPSA) is 30.7 Å². The van der Waals surface area contributed by atoms with Crippen LogP contribution in [-0.4, -0.2) is 14.8 Å². The van der Waals surface area contributed by atoms with Gasteiger partial charge in [-0.25, -0.2) is 9.67 Å². The third-order valence-corrected chi connectivity index (χ3v) is 1.24. The Balaban J connectivity index is 3.15. The maximum absolute atomic E-state index is 4.12. The van der Waals surface area contributed by atoms with Gasteiger partial charge in [-0.05, 0) is 20.8 Å². The van der Waals surface area contributed by atoms with E-state index >= 15 is 0 Å². The van der Waals surface area contributed by atoms with Crippen molar-refractivity contribution < 1.29 is 0 Å². The lowest BCUT2D eigenvalue weighted by Gasteiger charge is -1.97. The molecule has 0 unspecified atom stereocenters. The summed E-state index contributed by atoms with van der Waals surface area (Å²) in [5, 5.41) is 4.12. The van der Waals surface area contributed by atoms with Gasteiger partial charge in [-0.3, -0.25) is 0 Å². The number of hydrogen-bond acceptors (Lipinski definition) is 2. The zero-order valence-electron chi connectivity index (χ0n) is 6.55. The fraction of sp³-hybridized carbons (Fsp3) is 0.429. The molecule has 0 saturated carbocycles. The fourth-order valence-corrected chi connectivity index (χ4v) is 0.883. The van der Waals surface area contributed by atoms with Gasteiger partial charge < -0.3 is 0 Å². The molecule has 0 aliphatic heterocycles. The van der Waals surface area contributed by atoms with Crippen molar-refractivity contribution in [2.45, 2.75) is 20.8 Å². The summed E-state index contributed by atoms with van der Waals surface area (Å²) in [7, 11) is 0. The van der Waals surface area contributed by atoms with Crippen molar-refractivity contribution in [3.05, 3.63) is 18.2 Å². The van der Waals surface area contributed by atoms with E-state index in [9.17, 15) is 0 Å². The Bertz CT molecular complexity index is 260. The van der Waals surface area contributed by atoms with Crippen molar-refractivity contribution in [2.24, 2.45) is 0 Å². The SMILES string of the molecule is C=C(C)n1nc(C)nc1C. The Morgan fingerprint density at radius 2 is 2.10 bits per heavy atom. The minimum absolute atomic E-state index is 0.792. The molecule has 0 spiro atoms. The van der Waals surface area contributed by atoms with Gasteiger partial charge in [-0.15, -0.1) is 0 Å². The van der Waals surface area contributed by atoms with E-state index in [1.165, 1.54) is 0 Å². The first-order valence-electron chi connectivity index (χ1n) is 3.17. The average Bonchev–Trinajstić information content (AvgIpc) is 2.10. The summed E-state index contributed by atoms with van der Waals surface area (Å²) in [5.41, 5.74) is 0.901. The Morgan fingerprint density at radius 1 is 1.50 bits per heavy atom. The highest BCUT2D eigenvalue weighted by molar-refractivity contribution is 5.36. The lowest BCUT2D eigenvalue weighted by atomic mass is 10.5. The third kappa shape index (κ3) is 1.07. The Labute approximate surface area is 60.4 Å². The summed E-state index contributed by atoms with van der Waals surface area (Å²) in [4.78, 5) is 4.12. The molecule has 1 aromatic rings. The molecule has 1 aromatic heterocycles. The van der Waals surface area contributed by atoms with Crippen LogP contribution < -0.4 is 0 Å². The maximum Gasteiger partial charge on any atom is 0.148 e. The summed E-state index contributed by atoms with van der Waals surface area (Å²) in [6.45, 7) is 9.44. The van der Waals surface area contributed by atoms with Crippen LogP contribution in [0, 0.1) is 13.8 Å². The molecule has 1 rings (SSSR count). The van der Waals surface area contributed by atoms with Gasteiger partial charge in [0.1, 0.15) is 11.6 Å². The normalized spacial score (nSPS) is 9.90. The van der Waals surface area contributed by atoms with Crippen molar-refractivity contribution in [1.82, 2.24) is 14.8 Å². The van der Waals surface area contributed by atoms with Crippen molar-refractivity contribution in [1.29, 1.82) is 0 Å². The molecule has 0 radical (unpaired) electrons. The smallest absolute Gasteiger partial charge is 0.148 e. The predicted molar refractivity (Wildman–Crippen MR) is 40.5 cm³/mol. The van der Waals surface area contributed by atoms with Crippen LogP contribution in [0.3, 0.4) is 0 Å². The Kier molecular flexibility index (Phi) is 1.57. The molecule has 3 nitrogen and oxygen atoms in total. The number of nitrogens with zero attached hydrogens (tertiary/aromatic N) is 3. The van der Waals surface area contributed by atoms with E-state index in [0.717, 1.165) is 17.3 Å². The zero-order chi connectivity index (χ0) is 7.72. The van der Waals surface area contributed by atoms with E-state index in [1.807, 2.05) is 20.8 Å². The molecular formula is C7H11N3. The first-order valence-corrected chi connectivity index (χ1v) is 3.17. The van der Waals surface area contributed by atoms with Gasteiger partial charge in [0, 0.05) is 5.70 Å². The predicted octanol–water partition coefficient (Wildman–Crippen LogP) is 1.39. The van der Waals surface area contributed by atoms with Gasteiger partial charge in [0.25, 0.3) is 0 Å². The summed E-state index contributed by atoms with van der Waals surface area (Å²) in [5.74, 6) is 1.69. The molecule has 0 N–H and O–H groups in total. The van der Waals surface area contributed by atoms with Crippen LogP contribution in [0.15, 0.2) is 6.58 Å². The first-order chi connectivity index (χ1) is 4.61. The van der Waals surface area contributed by atoms with Crippen LogP contribution in [0.4, 0.5) is 0 Å². The average molecular weight is 137 g/mol. The largest absolute Gasteiger partial charge is 0.223 e. The van der Waals surface area contributed by atoms with Gasteiger partial charge in [-0.1, -0.05) is 6.58 Å². The maximum atomic E-state index is 4.12. The number of hydrogen-bond donors (Lipinski definition) is 0. The lowest BCUT2D eigenvalue weighted by molar-refractivity contribution is 0.847. The molecule has 0 bridgehead atoms.